The van der Waals surface area contributed by atoms with Gasteiger partial charge in [0, 0.05) is 5.56 Å². The third-order valence-corrected chi connectivity index (χ3v) is 3.01. The number of hydrogen-bond donors (Lipinski definition) is 1. The zero-order valence-electron chi connectivity index (χ0n) is 11.0. The van der Waals surface area contributed by atoms with Crippen molar-refractivity contribution in [1.82, 2.24) is 0 Å². The van der Waals surface area contributed by atoms with Gasteiger partial charge in [-0.05, 0) is 48.5 Å². The van der Waals surface area contributed by atoms with Crippen LogP contribution in [0.5, 0.6) is 11.5 Å². The molecule has 2 aromatic carbocycles. The van der Waals surface area contributed by atoms with E-state index in [1.807, 2.05) is 24.3 Å². The van der Waals surface area contributed by atoms with Crippen molar-refractivity contribution in [2.24, 2.45) is 0 Å². The maximum atomic E-state index is 11.1. The number of hydrogen-bond acceptors (Lipinski definition) is 3. The summed E-state index contributed by atoms with van der Waals surface area (Å²) in [6.07, 6.45) is 1.61. The second-order valence-corrected chi connectivity index (χ2v) is 4.41. The molecular formula is C17H12O4. The van der Waals surface area contributed by atoms with Crippen LogP contribution >= 0.6 is 0 Å². The molecule has 0 amide bonds. The van der Waals surface area contributed by atoms with E-state index in [4.69, 9.17) is 14.3 Å². The minimum atomic E-state index is -1.02. The Labute approximate surface area is 121 Å². The normalized spacial score (nSPS) is 10.3. The van der Waals surface area contributed by atoms with Crippen molar-refractivity contribution in [2.45, 2.75) is 0 Å². The number of furan rings is 1. The Morgan fingerprint density at radius 3 is 2.38 bits per heavy atom. The van der Waals surface area contributed by atoms with E-state index in [1.165, 1.54) is 6.07 Å². The van der Waals surface area contributed by atoms with Gasteiger partial charge in [0.05, 0.1) is 6.26 Å². The second kappa shape index (κ2) is 5.54. The Kier molecular flexibility index (Phi) is 3.43. The highest BCUT2D eigenvalue weighted by Crippen LogP contribution is 2.28. The van der Waals surface area contributed by atoms with Crippen LogP contribution in [-0.4, -0.2) is 11.1 Å². The van der Waals surface area contributed by atoms with Crippen molar-refractivity contribution < 1.29 is 19.1 Å². The van der Waals surface area contributed by atoms with Crippen LogP contribution in [0.25, 0.3) is 11.3 Å². The molecule has 3 rings (SSSR count). The number of carboxylic acids is 1. The molecule has 0 saturated carbocycles. The fourth-order valence-electron chi connectivity index (χ4n) is 1.99. The third-order valence-electron chi connectivity index (χ3n) is 3.01. The van der Waals surface area contributed by atoms with Gasteiger partial charge in [-0.15, -0.1) is 0 Å². The lowest BCUT2D eigenvalue weighted by Gasteiger charge is -2.08. The number of carbonyl (C=O) groups is 1. The highest BCUT2D eigenvalue weighted by molar-refractivity contribution is 5.90. The lowest BCUT2D eigenvalue weighted by Crippen LogP contribution is -1.99. The summed E-state index contributed by atoms with van der Waals surface area (Å²) in [4.78, 5) is 11.1. The van der Waals surface area contributed by atoms with Crippen LogP contribution in [0, 0.1) is 0 Å². The summed E-state index contributed by atoms with van der Waals surface area (Å²) in [7, 11) is 0. The van der Waals surface area contributed by atoms with Crippen molar-refractivity contribution in [3.8, 4) is 22.8 Å². The molecule has 0 radical (unpaired) electrons. The van der Waals surface area contributed by atoms with E-state index in [0.29, 0.717) is 11.5 Å². The van der Waals surface area contributed by atoms with Crippen molar-refractivity contribution >= 4 is 5.97 Å². The topological polar surface area (TPSA) is 59.7 Å². The van der Waals surface area contributed by atoms with Gasteiger partial charge in [-0.1, -0.05) is 12.1 Å². The molecule has 0 aliphatic carbocycles. The van der Waals surface area contributed by atoms with E-state index in [-0.39, 0.29) is 5.56 Å². The van der Waals surface area contributed by atoms with E-state index in [1.54, 1.807) is 36.6 Å². The van der Waals surface area contributed by atoms with Crippen molar-refractivity contribution in [3.05, 3.63) is 72.5 Å². The maximum absolute atomic E-state index is 11.1. The molecule has 0 aliphatic rings. The molecule has 0 spiro atoms. The Balaban J connectivity index is 1.84. The lowest BCUT2D eigenvalue weighted by molar-refractivity contribution is 0.0694. The third kappa shape index (κ3) is 2.79. The summed E-state index contributed by atoms with van der Waals surface area (Å²) in [6.45, 7) is 0. The number of carboxylic acid groups (broad SMARTS) is 1. The van der Waals surface area contributed by atoms with Crippen LogP contribution < -0.4 is 4.74 Å². The predicted molar refractivity (Wildman–Crippen MR) is 77.6 cm³/mol. The summed E-state index contributed by atoms with van der Waals surface area (Å²) < 4.78 is 10.9. The molecule has 4 nitrogen and oxygen atoms in total. The number of benzene rings is 2. The first-order valence-electron chi connectivity index (χ1n) is 6.38. The molecule has 0 aliphatic heterocycles. The van der Waals surface area contributed by atoms with Gasteiger partial charge >= 0.3 is 5.97 Å². The molecule has 0 unspecified atom stereocenters. The van der Waals surface area contributed by atoms with Gasteiger partial charge in [-0.25, -0.2) is 4.79 Å². The first kappa shape index (κ1) is 13.0. The zero-order valence-corrected chi connectivity index (χ0v) is 11.0. The first-order valence-corrected chi connectivity index (χ1v) is 6.38. The molecule has 0 bridgehead atoms. The fourth-order valence-corrected chi connectivity index (χ4v) is 1.99. The number of rotatable bonds is 4. The van der Waals surface area contributed by atoms with E-state index >= 15 is 0 Å². The lowest BCUT2D eigenvalue weighted by atomic mass is 10.1. The Hall–Kier alpha value is -3.01. The zero-order chi connectivity index (χ0) is 14.7. The van der Waals surface area contributed by atoms with Gasteiger partial charge < -0.3 is 14.3 Å². The summed E-state index contributed by atoms with van der Waals surface area (Å²) >= 11 is 0. The molecule has 21 heavy (non-hydrogen) atoms. The molecule has 0 fully saturated rings. The highest BCUT2D eigenvalue weighted by atomic mass is 16.5. The van der Waals surface area contributed by atoms with Gasteiger partial charge in [0.25, 0.3) is 0 Å². The summed E-state index contributed by atoms with van der Waals surface area (Å²) in [6, 6.07) is 17.5. The standard InChI is InChI=1S/C17H12O4/c18-17(19)14-4-1-2-5-16(14)21-13-9-7-12(8-10-13)15-6-3-11-20-15/h1-11H,(H,18,19). The summed E-state index contributed by atoms with van der Waals surface area (Å²) in [5.74, 6) is 0.639. The van der Waals surface area contributed by atoms with Crippen LogP contribution in [0.1, 0.15) is 10.4 Å². The van der Waals surface area contributed by atoms with Crippen molar-refractivity contribution in [2.75, 3.05) is 0 Å². The van der Waals surface area contributed by atoms with E-state index in [9.17, 15) is 4.79 Å². The summed E-state index contributed by atoms with van der Waals surface area (Å²) in [5, 5.41) is 9.12. The molecular weight excluding hydrogens is 268 g/mol. The molecule has 4 heteroatoms. The Morgan fingerprint density at radius 2 is 1.71 bits per heavy atom. The molecule has 1 aromatic heterocycles. The van der Waals surface area contributed by atoms with Crippen LogP contribution in [0.4, 0.5) is 0 Å². The smallest absolute Gasteiger partial charge is 0.339 e. The molecule has 1 N–H and O–H groups in total. The Bertz CT molecular complexity index is 743. The number of para-hydroxylation sites is 1. The van der Waals surface area contributed by atoms with E-state index in [0.717, 1.165) is 11.3 Å². The Morgan fingerprint density at radius 1 is 0.952 bits per heavy atom. The van der Waals surface area contributed by atoms with Gasteiger partial charge in [0.15, 0.2) is 0 Å². The van der Waals surface area contributed by atoms with Gasteiger partial charge in [-0.3, -0.25) is 0 Å². The molecule has 1 heterocycles. The maximum Gasteiger partial charge on any atom is 0.339 e. The highest BCUT2D eigenvalue weighted by Gasteiger charge is 2.11. The SMILES string of the molecule is O=C(O)c1ccccc1Oc1ccc(-c2ccco2)cc1. The minimum absolute atomic E-state index is 0.132. The van der Waals surface area contributed by atoms with Gasteiger partial charge in [0.1, 0.15) is 22.8 Å². The van der Waals surface area contributed by atoms with Crippen LogP contribution in [0.3, 0.4) is 0 Å². The predicted octanol–water partition coefficient (Wildman–Crippen LogP) is 4.44. The van der Waals surface area contributed by atoms with Crippen LogP contribution in [0.2, 0.25) is 0 Å². The first-order chi connectivity index (χ1) is 10.2. The monoisotopic (exact) mass is 280 g/mol. The largest absolute Gasteiger partial charge is 0.478 e. The molecule has 104 valence electrons. The average molecular weight is 280 g/mol. The van der Waals surface area contributed by atoms with Crippen LogP contribution in [0.15, 0.2) is 71.3 Å². The number of ether oxygens (including phenoxy) is 1. The van der Waals surface area contributed by atoms with E-state index in [2.05, 4.69) is 0 Å². The average Bonchev–Trinajstić information content (AvgIpc) is 3.03. The number of aromatic carboxylic acids is 1. The van der Waals surface area contributed by atoms with Gasteiger partial charge in [-0.2, -0.15) is 0 Å². The van der Waals surface area contributed by atoms with Gasteiger partial charge in [0.2, 0.25) is 0 Å². The molecule has 0 saturated heterocycles. The quantitative estimate of drug-likeness (QED) is 0.767. The molecule has 3 aromatic rings. The van der Waals surface area contributed by atoms with E-state index < -0.39 is 5.97 Å². The summed E-state index contributed by atoms with van der Waals surface area (Å²) in [5.41, 5.74) is 1.06. The molecule has 0 atom stereocenters. The van der Waals surface area contributed by atoms with Crippen molar-refractivity contribution in [1.29, 1.82) is 0 Å². The van der Waals surface area contributed by atoms with Crippen LogP contribution in [-0.2, 0) is 0 Å². The van der Waals surface area contributed by atoms with Crippen molar-refractivity contribution in [3.63, 3.8) is 0 Å². The fraction of sp³-hybridized carbons (Fsp3) is 0. The second-order valence-electron chi connectivity index (χ2n) is 4.41. The minimum Gasteiger partial charge on any atom is -0.478 e.